The molecule has 1 aromatic carbocycles. The van der Waals surface area contributed by atoms with Crippen molar-refractivity contribution in [3.05, 3.63) is 36.4 Å². The van der Waals surface area contributed by atoms with E-state index in [1.807, 2.05) is 6.07 Å². The molecule has 2 amide bonds. The lowest BCUT2D eigenvalue weighted by Crippen LogP contribution is -2.41. The van der Waals surface area contributed by atoms with E-state index in [0.717, 1.165) is 25.2 Å². The number of aromatic nitrogens is 2. The second-order valence-corrected chi connectivity index (χ2v) is 6.47. The number of anilines is 3. The van der Waals surface area contributed by atoms with Crippen LogP contribution in [0.3, 0.4) is 0 Å². The zero-order chi connectivity index (χ0) is 19.2. The molecule has 0 spiro atoms. The van der Waals surface area contributed by atoms with Gasteiger partial charge in [-0.25, -0.2) is 0 Å². The lowest BCUT2D eigenvalue weighted by molar-refractivity contribution is -0.120. The third-order valence-corrected chi connectivity index (χ3v) is 4.40. The number of carbonyl (C=O) groups excluding carboxylic acids is 2. The number of hydrogen-bond acceptors (Lipinski definition) is 6. The predicted octanol–water partition coefficient (Wildman–Crippen LogP) is 2.30. The summed E-state index contributed by atoms with van der Waals surface area (Å²) >= 11 is 0. The molecule has 1 aliphatic rings. The molecule has 1 atom stereocenters. The van der Waals surface area contributed by atoms with Crippen molar-refractivity contribution in [3.63, 3.8) is 0 Å². The Morgan fingerprint density at radius 3 is 2.59 bits per heavy atom. The molecular formula is C19H23N5O3. The summed E-state index contributed by atoms with van der Waals surface area (Å²) in [5.74, 6) is 0.861. The van der Waals surface area contributed by atoms with Gasteiger partial charge in [0.1, 0.15) is 0 Å². The molecule has 1 aliphatic heterocycles. The maximum absolute atomic E-state index is 12.7. The summed E-state index contributed by atoms with van der Waals surface area (Å²) in [6.45, 7) is 2.87. The number of benzene rings is 1. The molecule has 2 heterocycles. The molecule has 142 valence electrons. The molecule has 0 unspecified atom stereocenters. The van der Waals surface area contributed by atoms with Crippen molar-refractivity contribution in [3.8, 4) is 5.88 Å². The first kappa shape index (κ1) is 18.6. The summed E-state index contributed by atoms with van der Waals surface area (Å²) in [7, 11) is 1.55. The molecule has 2 N–H and O–H groups in total. The Kier molecular flexibility index (Phi) is 5.85. The minimum absolute atomic E-state index is 0.0406. The van der Waals surface area contributed by atoms with E-state index in [1.165, 1.54) is 6.92 Å². The van der Waals surface area contributed by atoms with Gasteiger partial charge in [-0.2, -0.15) is 0 Å². The highest BCUT2D eigenvalue weighted by Crippen LogP contribution is 2.24. The van der Waals surface area contributed by atoms with Crippen LogP contribution >= 0.6 is 0 Å². The van der Waals surface area contributed by atoms with E-state index in [2.05, 4.69) is 25.7 Å². The molecular weight excluding hydrogens is 346 g/mol. The number of rotatable bonds is 5. The zero-order valence-corrected chi connectivity index (χ0v) is 15.4. The van der Waals surface area contributed by atoms with E-state index in [0.29, 0.717) is 23.8 Å². The smallest absolute Gasteiger partial charge is 0.233 e. The Bertz CT molecular complexity index is 809. The third kappa shape index (κ3) is 4.93. The first-order chi connectivity index (χ1) is 13.0. The first-order valence-electron chi connectivity index (χ1n) is 8.86. The summed E-state index contributed by atoms with van der Waals surface area (Å²) in [6.07, 6.45) is 1.72. The monoisotopic (exact) mass is 369 g/mol. The lowest BCUT2D eigenvalue weighted by atomic mass is 9.97. The molecule has 0 radical (unpaired) electrons. The molecule has 1 aromatic heterocycles. The highest BCUT2D eigenvalue weighted by molar-refractivity contribution is 5.94. The van der Waals surface area contributed by atoms with E-state index in [9.17, 15) is 9.59 Å². The van der Waals surface area contributed by atoms with Gasteiger partial charge in [-0.05, 0) is 37.1 Å². The van der Waals surface area contributed by atoms with Crippen LogP contribution in [0, 0.1) is 5.92 Å². The van der Waals surface area contributed by atoms with Gasteiger partial charge in [-0.15, -0.1) is 10.2 Å². The molecule has 1 saturated heterocycles. The van der Waals surface area contributed by atoms with Crippen LogP contribution in [0.15, 0.2) is 36.4 Å². The van der Waals surface area contributed by atoms with Crippen LogP contribution in [-0.4, -0.2) is 42.2 Å². The number of methoxy groups -OCH3 is 1. The Morgan fingerprint density at radius 2 is 1.93 bits per heavy atom. The van der Waals surface area contributed by atoms with Gasteiger partial charge in [0.05, 0.1) is 13.0 Å². The molecule has 1 fully saturated rings. The van der Waals surface area contributed by atoms with E-state index in [-0.39, 0.29) is 17.7 Å². The van der Waals surface area contributed by atoms with Crippen LogP contribution < -0.4 is 20.3 Å². The normalized spacial score (nSPS) is 16.5. The highest BCUT2D eigenvalue weighted by Gasteiger charge is 2.27. The van der Waals surface area contributed by atoms with Crippen LogP contribution in [0.2, 0.25) is 0 Å². The minimum atomic E-state index is -0.151. The number of piperidine rings is 1. The van der Waals surface area contributed by atoms with Crippen molar-refractivity contribution in [2.45, 2.75) is 19.8 Å². The van der Waals surface area contributed by atoms with Crippen LogP contribution in [-0.2, 0) is 9.59 Å². The van der Waals surface area contributed by atoms with Crippen LogP contribution in [0.4, 0.5) is 17.2 Å². The van der Waals surface area contributed by atoms with Gasteiger partial charge in [0.25, 0.3) is 0 Å². The van der Waals surface area contributed by atoms with Gasteiger partial charge in [0, 0.05) is 37.5 Å². The molecule has 0 aliphatic carbocycles. The molecule has 2 aromatic rings. The van der Waals surface area contributed by atoms with Crippen molar-refractivity contribution in [2.75, 3.05) is 35.7 Å². The number of ether oxygens (including phenoxy) is 1. The lowest BCUT2D eigenvalue weighted by Gasteiger charge is -2.32. The number of nitrogens with one attached hydrogen (secondary N) is 2. The number of nitrogens with zero attached hydrogens (tertiary/aromatic N) is 3. The Morgan fingerprint density at radius 1 is 1.15 bits per heavy atom. The summed E-state index contributed by atoms with van der Waals surface area (Å²) in [5, 5.41) is 13.8. The highest BCUT2D eigenvalue weighted by atomic mass is 16.5. The first-order valence-corrected chi connectivity index (χ1v) is 8.86. The Balaban J connectivity index is 1.63. The molecule has 0 bridgehead atoms. The van der Waals surface area contributed by atoms with Gasteiger partial charge in [-0.3, -0.25) is 9.59 Å². The van der Waals surface area contributed by atoms with Gasteiger partial charge >= 0.3 is 0 Å². The number of hydrogen-bond donors (Lipinski definition) is 2. The largest absolute Gasteiger partial charge is 0.480 e. The molecule has 8 heteroatoms. The summed E-state index contributed by atoms with van der Waals surface area (Å²) in [6, 6.07) is 10.7. The van der Waals surface area contributed by atoms with Gasteiger partial charge < -0.3 is 20.3 Å². The molecule has 3 rings (SSSR count). The summed E-state index contributed by atoms with van der Waals surface area (Å²) in [5.41, 5.74) is 1.31. The van der Waals surface area contributed by atoms with Gasteiger partial charge in [-0.1, -0.05) is 6.07 Å². The van der Waals surface area contributed by atoms with Crippen molar-refractivity contribution in [1.82, 2.24) is 10.2 Å². The average molecular weight is 369 g/mol. The number of amides is 2. The quantitative estimate of drug-likeness (QED) is 0.839. The Labute approximate surface area is 157 Å². The fourth-order valence-corrected chi connectivity index (χ4v) is 3.11. The summed E-state index contributed by atoms with van der Waals surface area (Å²) in [4.78, 5) is 25.9. The van der Waals surface area contributed by atoms with Crippen molar-refractivity contribution < 1.29 is 14.3 Å². The maximum Gasteiger partial charge on any atom is 0.233 e. The minimum Gasteiger partial charge on any atom is -0.480 e. The fourth-order valence-electron chi connectivity index (χ4n) is 3.11. The second kappa shape index (κ2) is 8.48. The number of carbonyl (C=O) groups is 2. The van der Waals surface area contributed by atoms with Gasteiger partial charge in [0.2, 0.25) is 17.7 Å². The third-order valence-electron chi connectivity index (χ3n) is 4.40. The SMILES string of the molecule is COc1ccc(N2CCC[C@@H](C(=O)Nc3cccc(NC(C)=O)c3)C2)nn1. The van der Waals surface area contributed by atoms with Crippen LogP contribution in [0.25, 0.3) is 0 Å². The molecule has 8 nitrogen and oxygen atoms in total. The zero-order valence-electron chi connectivity index (χ0n) is 15.4. The second-order valence-electron chi connectivity index (χ2n) is 6.47. The standard InChI is InChI=1S/C19H23N5O3/c1-13(25)20-15-6-3-7-16(11-15)21-19(26)14-5-4-10-24(12-14)17-8-9-18(27-2)23-22-17/h3,6-9,11,14H,4-5,10,12H2,1-2H3,(H,20,25)(H,21,26)/t14-/m1/s1. The van der Waals surface area contributed by atoms with E-state index in [4.69, 9.17) is 4.74 Å². The molecule has 27 heavy (non-hydrogen) atoms. The molecule has 0 saturated carbocycles. The fraction of sp³-hybridized carbons (Fsp3) is 0.368. The van der Waals surface area contributed by atoms with Crippen LogP contribution in [0.5, 0.6) is 5.88 Å². The van der Waals surface area contributed by atoms with Crippen molar-refractivity contribution in [1.29, 1.82) is 0 Å². The predicted molar refractivity (Wildman–Crippen MR) is 103 cm³/mol. The van der Waals surface area contributed by atoms with Crippen LogP contribution in [0.1, 0.15) is 19.8 Å². The van der Waals surface area contributed by atoms with E-state index < -0.39 is 0 Å². The van der Waals surface area contributed by atoms with Crippen molar-refractivity contribution >= 4 is 29.0 Å². The topological polar surface area (TPSA) is 96.5 Å². The Hall–Kier alpha value is -3.16. The summed E-state index contributed by atoms with van der Waals surface area (Å²) < 4.78 is 5.03. The maximum atomic E-state index is 12.7. The van der Waals surface area contributed by atoms with Crippen molar-refractivity contribution in [2.24, 2.45) is 5.92 Å². The average Bonchev–Trinajstić information content (AvgIpc) is 2.68. The van der Waals surface area contributed by atoms with Gasteiger partial charge in [0.15, 0.2) is 5.82 Å². The van der Waals surface area contributed by atoms with E-state index in [1.54, 1.807) is 37.4 Å². The van der Waals surface area contributed by atoms with E-state index >= 15 is 0 Å².